The first-order chi connectivity index (χ1) is 14.7. The van der Waals surface area contributed by atoms with Crippen molar-refractivity contribution in [1.29, 1.82) is 5.26 Å². The molecule has 0 radical (unpaired) electrons. The van der Waals surface area contributed by atoms with Crippen molar-refractivity contribution in [3.8, 4) is 6.07 Å². The van der Waals surface area contributed by atoms with Crippen LogP contribution >= 0.6 is 23.1 Å². The van der Waals surface area contributed by atoms with E-state index >= 15 is 0 Å². The molecule has 1 aliphatic rings. The van der Waals surface area contributed by atoms with E-state index in [9.17, 15) is 10.1 Å². The lowest BCUT2D eigenvalue weighted by Gasteiger charge is -2.36. The third kappa shape index (κ3) is 4.98. The first-order valence-electron chi connectivity index (χ1n) is 11.1. The lowest BCUT2D eigenvalue weighted by molar-refractivity contribution is -0.113. The molecule has 2 aromatic heterocycles. The molecule has 1 amide bonds. The molecule has 2 aromatic rings. The van der Waals surface area contributed by atoms with Gasteiger partial charge in [0.15, 0.2) is 5.16 Å². The van der Waals surface area contributed by atoms with E-state index in [1.165, 1.54) is 16.6 Å². The highest BCUT2D eigenvalue weighted by Gasteiger charge is 2.34. The first kappa shape index (κ1) is 23.8. The zero-order valence-electron chi connectivity index (χ0n) is 19.4. The highest BCUT2D eigenvalue weighted by Crippen LogP contribution is 2.45. The van der Waals surface area contributed by atoms with Gasteiger partial charge >= 0.3 is 0 Å². The summed E-state index contributed by atoms with van der Waals surface area (Å²) in [7, 11) is 0. The van der Waals surface area contributed by atoms with Gasteiger partial charge in [0.25, 0.3) is 0 Å². The maximum Gasteiger partial charge on any atom is 0.235 e. The predicted molar refractivity (Wildman–Crippen MR) is 128 cm³/mol. The maximum absolute atomic E-state index is 12.7. The van der Waals surface area contributed by atoms with E-state index in [0.717, 1.165) is 48.6 Å². The lowest BCUT2D eigenvalue weighted by atomic mass is 9.69. The van der Waals surface area contributed by atoms with Gasteiger partial charge in [-0.3, -0.25) is 4.79 Å². The summed E-state index contributed by atoms with van der Waals surface area (Å²) < 4.78 is 2.08. The number of anilines is 1. The average Bonchev–Trinajstić information content (AvgIpc) is 3.31. The minimum atomic E-state index is -0.109. The number of nitriles is 1. The fourth-order valence-corrected chi connectivity index (χ4v) is 6.39. The van der Waals surface area contributed by atoms with Crippen LogP contribution in [0.2, 0.25) is 0 Å². The van der Waals surface area contributed by atoms with Crippen molar-refractivity contribution in [3.05, 3.63) is 21.8 Å². The SMILES string of the molecule is CCc1nnc(SCC(=O)Nc2sc3c(c2C#N)CCC(C(C)(C)CC)C3)n1C(C)C. The fourth-order valence-electron chi connectivity index (χ4n) is 4.21. The maximum atomic E-state index is 12.7. The minimum absolute atomic E-state index is 0.109. The van der Waals surface area contributed by atoms with Crippen molar-refractivity contribution >= 4 is 34.0 Å². The molecule has 3 rings (SSSR count). The van der Waals surface area contributed by atoms with Gasteiger partial charge in [0.2, 0.25) is 5.91 Å². The van der Waals surface area contributed by atoms with E-state index in [1.807, 2.05) is 0 Å². The molecular weight excluding hydrogens is 426 g/mol. The molecule has 0 saturated carbocycles. The molecule has 6 nitrogen and oxygen atoms in total. The molecule has 1 unspecified atom stereocenters. The number of aryl methyl sites for hydroxylation is 1. The number of fused-ring (bicyclic) bond motifs is 1. The average molecular weight is 460 g/mol. The van der Waals surface area contributed by atoms with Gasteiger partial charge in [-0.05, 0) is 50.0 Å². The number of carbonyl (C=O) groups excluding carboxylic acids is 1. The zero-order chi connectivity index (χ0) is 22.8. The number of hydrogen-bond donors (Lipinski definition) is 1. The number of thioether (sulfide) groups is 1. The number of rotatable bonds is 8. The largest absolute Gasteiger partial charge is 0.316 e. The van der Waals surface area contributed by atoms with Crippen molar-refractivity contribution in [2.24, 2.45) is 11.3 Å². The van der Waals surface area contributed by atoms with Gasteiger partial charge in [0.1, 0.15) is 16.9 Å². The van der Waals surface area contributed by atoms with Crippen LogP contribution in [0, 0.1) is 22.7 Å². The number of carbonyl (C=O) groups is 1. The van der Waals surface area contributed by atoms with Gasteiger partial charge in [0, 0.05) is 17.3 Å². The van der Waals surface area contributed by atoms with Crippen molar-refractivity contribution in [2.45, 2.75) is 84.8 Å². The summed E-state index contributed by atoms with van der Waals surface area (Å²) in [6.45, 7) is 13.2. The Labute approximate surface area is 193 Å². The first-order valence-corrected chi connectivity index (χ1v) is 12.9. The smallest absolute Gasteiger partial charge is 0.235 e. The molecule has 0 fully saturated rings. The summed E-state index contributed by atoms with van der Waals surface area (Å²) in [5.74, 6) is 1.68. The van der Waals surface area contributed by atoms with Crippen LogP contribution in [0.4, 0.5) is 5.00 Å². The van der Waals surface area contributed by atoms with Gasteiger partial charge in [-0.25, -0.2) is 0 Å². The predicted octanol–water partition coefficient (Wildman–Crippen LogP) is 5.63. The van der Waals surface area contributed by atoms with Crippen LogP contribution in [0.1, 0.15) is 82.3 Å². The van der Waals surface area contributed by atoms with E-state index in [2.05, 4.69) is 67.7 Å². The van der Waals surface area contributed by atoms with Gasteiger partial charge < -0.3 is 9.88 Å². The number of thiophene rings is 1. The van der Waals surface area contributed by atoms with Crippen LogP contribution < -0.4 is 5.32 Å². The highest BCUT2D eigenvalue weighted by atomic mass is 32.2. The lowest BCUT2D eigenvalue weighted by Crippen LogP contribution is -2.28. The normalized spacial score (nSPS) is 16.3. The molecule has 1 atom stereocenters. The Balaban J connectivity index is 1.71. The summed E-state index contributed by atoms with van der Waals surface area (Å²) in [6, 6.07) is 2.59. The van der Waals surface area contributed by atoms with E-state index in [0.29, 0.717) is 16.5 Å². The quantitative estimate of drug-likeness (QED) is 0.518. The van der Waals surface area contributed by atoms with Crippen molar-refractivity contribution in [1.82, 2.24) is 14.8 Å². The molecule has 1 N–H and O–H groups in total. The number of hydrogen-bond acceptors (Lipinski definition) is 6. The molecule has 0 bridgehead atoms. The summed E-state index contributed by atoms with van der Waals surface area (Å²) in [6.07, 6.45) is 4.97. The molecule has 2 heterocycles. The number of nitrogens with one attached hydrogen (secondary N) is 1. The summed E-state index contributed by atoms with van der Waals surface area (Å²) in [4.78, 5) is 14.0. The highest BCUT2D eigenvalue weighted by molar-refractivity contribution is 7.99. The molecule has 0 spiro atoms. The van der Waals surface area contributed by atoms with E-state index < -0.39 is 0 Å². The molecule has 0 aromatic carbocycles. The van der Waals surface area contributed by atoms with Crippen LogP contribution in [-0.2, 0) is 24.1 Å². The summed E-state index contributed by atoms with van der Waals surface area (Å²) in [5, 5.41) is 22.7. The fraction of sp³-hybridized carbons (Fsp3) is 0.652. The third-order valence-corrected chi connectivity index (χ3v) is 8.66. The molecule has 0 saturated heterocycles. The Morgan fingerprint density at radius 1 is 1.39 bits per heavy atom. The Kier molecular flexibility index (Phi) is 7.48. The monoisotopic (exact) mass is 459 g/mol. The van der Waals surface area contributed by atoms with Crippen molar-refractivity contribution in [3.63, 3.8) is 0 Å². The Morgan fingerprint density at radius 2 is 2.13 bits per heavy atom. The topological polar surface area (TPSA) is 83.6 Å². The molecular formula is C23H33N5OS2. The van der Waals surface area contributed by atoms with E-state index in [4.69, 9.17) is 0 Å². The standard InChI is InChI=1S/C23H33N5OS2/c1-7-19-26-27-22(28(19)14(3)4)30-13-20(29)25-21-17(12-24)16-10-9-15(11-18(16)31-21)23(5,6)8-2/h14-15H,7-11,13H2,1-6H3,(H,25,29). The molecule has 168 valence electrons. The molecule has 31 heavy (non-hydrogen) atoms. The van der Waals surface area contributed by atoms with Gasteiger partial charge in [-0.15, -0.1) is 21.5 Å². The Morgan fingerprint density at radius 3 is 2.74 bits per heavy atom. The number of nitrogens with zero attached hydrogens (tertiary/aromatic N) is 4. The van der Waals surface area contributed by atoms with Crippen LogP contribution in [-0.4, -0.2) is 26.4 Å². The van der Waals surface area contributed by atoms with Gasteiger partial charge in [0.05, 0.1) is 11.3 Å². The van der Waals surface area contributed by atoms with Crippen molar-refractivity contribution in [2.75, 3.05) is 11.1 Å². The summed E-state index contributed by atoms with van der Waals surface area (Å²) in [5.41, 5.74) is 2.09. The second kappa shape index (κ2) is 9.74. The molecule has 0 aliphatic heterocycles. The minimum Gasteiger partial charge on any atom is -0.316 e. The van der Waals surface area contributed by atoms with Crippen LogP contribution in [0.25, 0.3) is 0 Å². The van der Waals surface area contributed by atoms with E-state index in [-0.39, 0.29) is 23.1 Å². The van der Waals surface area contributed by atoms with Crippen LogP contribution in [0.15, 0.2) is 5.16 Å². The second-order valence-corrected chi connectivity index (χ2v) is 11.2. The third-order valence-electron chi connectivity index (χ3n) is 6.55. The van der Waals surface area contributed by atoms with Gasteiger partial charge in [-0.1, -0.05) is 45.9 Å². The van der Waals surface area contributed by atoms with Gasteiger partial charge in [-0.2, -0.15) is 5.26 Å². The molecule has 8 heteroatoms. The van der Waals surface area contributed by atoms with Crippen LogP contribution in [0.3, 0.4) is 0 Å². The van der Waals surface area contributed by atoms with Crippen LogP contribution in [0.5, 0.6) is 0 Å². The Hall–Kier alpha value is -1.85. The Bertz CT molecular complexity index is 983. The number of aromatic nitrogens is 3. The van der Waals surface area contributed by atoms with Crippen molar-refractivity contribution < 1.29 is 4.79 Å². The number of amides is 1. The summed E-state index contributed by atoms with van der Waals surface area (Å²) >= 11 is 2.98. The zero-order valence-corrected chi connectivity index (χ0v) is 21.0. The second-order valence-electron chi connectivity index (χ2n) is 9.15. The molecule has 1 aliphatic carbocycles. The van der Waals surface area contributed by atoms with E-state index in [1.54, 1.807) is 11.3 Å².